The predicted octanol–water partition coefficient (Wildman–Crippen LogP) is 4.56. The number of thiazole rings is 1. The molecule has 4 aromatic rings. The van der Waals surface area contributed by atoms with Crippen LogP contribution in [-0.2, 0) is 9.53 Å². The Balaban J connectivity index is 1.74. The van der Waals surface area contributed by atoms with E-state index in [9.17, 15) is 9.59 Å². The van der Waals surface area contributed by atoms with E-state index in [2.05, 4.69) is 28.5 Å². The van der Waals surface area contributed by atoms with Crippen molar-refractivity contribution in [2.24, 2.45) is 4.99 Å². The highest BCUT2D eigenvalue weighted by Gasteiger charge is 2.35. The van der Waals surface area contributed by atoms with Gasteiger partial charge in [-0.3, -0.25) is 9.36 Å². The number of esters is 1. The van der Waals surface area contributed by atoms with Crippen LogP contribution in [0.15, 0.2) is 88.2 Å². The molecule has 0 saturated carbocycles. The van der Waals surface area contributed by atoms with Gasteiger partial charge in [0.05, 0.1) is 39.1 Å². The molecular weight excluding hydrogens is 651 g/mol. The summed E-state index contributed by atoms with van der Waals surface area (Å²) in [7, 11) is 1.59. The molecule has 9 heteroatoms. The van der Waals surface area contributed by atoms with E-state index >= 15 is 0 Å². The number of aromatic nitrogens is 1. The SMILES string of the molecule is C#CCOc1ccc(C=c2sc3n(c2=O)C(c2ccc(OC)cc2)C(C(=O)OCC)=C(c2ccccc2)N=3)cc1I. The predicted molar refractivity (Wildman–Crippen MR) is 168 cm³/mol. The first-order chi connectivity index (χ1) is 19.9. The van der Waals surface area contributed by atoms with Crippen LogP contribution in [0.1, 0.15) is 29.7 Å². The molecule has 0 fully saturated rings. The number of rotatable bonds is 8. The summed E-state index contributed by atoms with van der Waals surface area (Å²) in [5.41, 5.74) is 2.82. The molecule has 0 N–H and O–H groups in total. The molecule has 2 heterocycles. The Labute approximate surface area is 254 Å². The van der Waals surface area contributed by atoms with Gasteiger partial charge in [0, 0.05) is 5.56 Å². The maximum atomic E-state index is 14.0. The minimum absolute atomic E-state index is 0.172. The minimum atomic E-state index is -0.756. The van der Waals surface area contributed by atoms with Gasteiger partial charge in [0.15, 0.2) is 4.80 Å². The van der Waals surface area contributed by atoms with Gasteiger partial charge in [0.1, 0.15) is 18.1 Å². The second-order valence-electron chi connectivity index (χ2n) is 8.89. The third-order valence-corrected chi connectivity index (χ3v) is 8.20. The lowest BCUT2D eigenvalue weighted by molar-refractivity contribution is -0.138. The number of methoxy groups -OCH3 is 1. The van der Waals surface area contributed by atoms with Crippen LogP contribution in [-0.4, -0.2) is 30.9 Å². The third kappa shape index (κ3) is 5.85. The van der Waals surface area contributed by atoms with Crippen molar-refractivity contribution in [3.05, 3.63) is 118 Å². The number of halogens is 1. The highest BCUT2D eigenvalue weighted by atomic mass is 127. The standard InChI is InChI=1S/C32H25IN2O5S/c1-4-17-40-25-16-11-20(18-24(25)33)19-26-30(36)35-29(22-12-14-23(38-3)15-13-22)27(31(37)39-5-2)28(34-32(35)41-26)21-9-7-6-8-10-21/h1,6-16,18-19,29H,5,17H2,2-3H3. The van der Waals surface area contributed by atoms with Gasteiger partial charge in [-0.15, -0.1) is 6.42 Å². The lowest BCUT2D eigenvalue weighted by atomic mass is 9.93. The smallest absolute Gasteiger partial charge is 0.338 e. The molecular formula is C32H25IN2O5S. The Morgan fingerprint density at radius 2 is 1.90 bits per heavy atom. The van der Waals surface area contributed by atoms with Crippen LogP contribution in [0.2, 0.25) is 0 Å². The summed E-state index contributed by atoms with van der Waals surface area (Å²) >= 11 is 3.45. The number of carbonyl (C=O) groups excluding carboxylic acids is 1. The van der Waals surface area contributed by atoms with Crippen LogP contribution in [0.25, 0.3) is 11.8 Å². The van der Waals surface area contributed by atoms with Crippen LogP contribution in [0.5, 0.6) is 11.5 Å². The number of terminal acetylenes is 1. The lowest BCUT2D eigenvalue weighted by Crippen LogP contribution is -2.40. The zero-order valence-electron chi connectivity index (χ0n) is 22.3. The number of ether oxygens (including phenoxy) is 3. The maximum absolute atomic E-state index is 14.0. The van der Waals surface area contributed by atoms with Gasteiger partial charge >= 0.3 is 5.97 Å². The zero-order chi connectivity index (χ0) is 28.9. The highest BCUT2D eigenvalue weighted by molar-refractivity contribution is 14.1. The molecule has 3 aromatic carbocycles. The molecule has 5 rings (SSSR count). The monoisotopic (exact) mass is 676 g/mol. The first-order valence-corrected chi connectivity index (χ1v) is 14.6. The number of hydrogen-bond acceptors (Lipinski definition) is 7. The van der Waals surface area contributed by atoms with Crippen LogP contribution in [0.3, 0.4) is 0 Å². The van der Waals surface area contributed by atoms with Gasteiger partial charge < -0.3 is 14.2 Å². The summed E-state index contributed by atoms with van der Waals surface area (Å²) in [6, 6.07) is 21.6. The van der Waals surface area contributed by atoms with E-state index < -0.39 is 12.0 Å². The number of carbonyl (C=O) groups is 1. The number of nitrogens with zero attached hydrogens (tertiary/aromatic N) is 2. The summed E-state index contributed by atoms with van der Waals surface area (Å²) in [4.78, 5) is 32.9. The average Bonchev–Trinajstić information content (AvgIpc) is 3.30. The molecule has 0 spiro atoms. The van der Waals surface area contributed by atoms with Crippen molar-refractivity contribution in [2.75, 3.05) is 20.3 Å². The van der Waals surface area contributed by atoms with Crippen LogP contribution >= 0.6 is 33.9 Å². The van der Waals surface area contributed by atoms with Gasteiger partial charge in [-0.05, 0) is 71.0 Å². The van der Waals surface area contributed by atoms with Crippen molar-refractivity contribution < 1.29 is 19.0 Å². The fourth-order valence-corrected chi connectivity index (χ4v) is 6.23. The van der Waals surface area contributed by atoms with Gasteiger partial charge in [-0.2, -0.15) is 0 Å². The van der Waals surface area contributed by atoms with Crippen LogP contribution < -0.4 is 24.4 Å². The minimum Gasteiger partial charge on any atom is -0.497 e. The Morgan fingerprint density at radius 3 is 2.56 bits per heavy atom. The third-order valence-electron chi connectivity index (χ3n) is 6.37. The Hall–Kier alpha value is -4.14. The van der Waals surface area contributed by atoms with E-state index in [0.29, 0.717) is 32.1 Å². The molecule has 0 saturated heterocycles. The number of fused-ring (bicyclic) bond motifs is 1. The largest absolute Gasteiger partial charge is 0.497 e. The molecule has 1 aliphatic heterocycles. The molecule has 1 unspecified atom stereocenters. The molecule has 1 aromatic heterocycles. The van der Waals surface area contributed by atoms with E-state index in [1.54, 1.807) is 18.6 Å². The summed E-state index contributed by atoms with van der Waals surface area (Å²) in [6.45, 7) is 2.11. The maximum Gasteiger partial charge on any atom is 0.338 e. The molecule has 206 valence electrons. The fourth-order valence-electron chi connectivity index (χ4n) is 4.54. The van der Waals surface area contributed by atoms with Crippen LogP contribution in [0, 0.1) is 15.9 Å². The van der Waals surface area contributed by atoms with Crippen molar-refractivity contribution in [2.45, 2.75) is 13.0 Å². The first-order valence-electron chi connectivity index (χ1n) is 12.7. The molecule has 0 radical (unpaired) electrons. The van der Waals surface area contributed by atoms with Crippen molar-refractivity contribution in [3.8, 4) is 23.8 Å². The second kappa shape index (κ2) is 12.6. The van der Waals surface area contributed by atoms with E-state index in [0.717, 1.165) is 20.3 Å². The van der Waals surface area contributed by atoms with Crippen molar-refractivity contribution in [1.82, 2.24) is 4.57 Å². The van der Waals surface area contributed by atoms with E-state index in [1.807, 2.05) is 78.9 Å². The summed E-state index contributed by atoms with van der Waals surface area (Å²) in [6.07, 6.45) is 7.13. The van der Waals surface area contributed by atoms with E-state index in [-0.39, 0.29) is 18.8 Å². The molecule has 7 nitrogen and oxygen atoms in total. The topological polar surface area (TPSA) is 79.1 Å². The zero-order valence-corrected chi connectivity index (χ0v) is 25.3. The Bertz CT molecular complexity index is 1850. The number of benzene rings is 3. The highest BCUT2D eigenvalue weighted by Crippen LogP contribution is 2.35. The molecule has 0 bridgehead atoms. The molecule has 1 atom stereocenters. The van der Waals surface area contributed by atoms with Gasteiger partial charge in [0.25, 0.3) is 5.56 Å². The van der Waals surface area contributed by atoms with Crippen molar-refractivity contribution >= 4 is 51.7 Å². The molecule has 0 amide bonds. The van der Waals surface area contributed by atoms with Crippen LogP contribution in [0.4, 0.5) is 0 Å². The fraction of sp³-hybridized carbons (Fsp3) is 0.156. The lowest BCUT2D eigenvalue weighted by Gasteiger charge is -2.26. The van der Waals surface area contributed by atoms with E-state index in [1.165, 1.54) is 11.3 Å². The van der Waals surface area contributed by atoms with Gasteiger partial charge in [0.2, 0.25) is 0 Å². The summed E-state index contributed by atoms with van der Waals surface area (Å²) < 4.78 is 19.4. The van der Waals surface area contributed by atoms with E-state index in [4.69, 9.17) is 25.6 Å². The second-order valence-corrected chi connectivity index (χ2v) is 11.1. The van der Waals surface area contributed by atoms with Crippen molar-refractivity contribution in [1.29, 1.82) is 0 Å². The molecule has 41 heavy (non-hydrogen) atoms. The van der Waals surface area contributed by atoms with Gasteiger partial charge in [-0.25, -0.2) is 9.79 Å². The summed E-state index contributed by atoms with van der Waals surface area (Å²) in [5.74, 6) is 3.27. The van der Waals surface area contributed by atoms with Gasteiger partial charge in [-0.1, -0.05) is 65.8 Å². The molecule has 1 aliphatic rings. The molecule has 0 aliphatic carbocycles. The average molecular weight is 677 g/mol. The normalized spacial score (nSPS) is 14.6. The summed E-state index contributed by atoms with van der Waals surface area (Å²) in [5, 5.41) is 0. The van der Waals surface area contributed by atoms with Crippen molar-refractivity contribution in [3.63, 3.8) is 0 Å². The Morgan fingerprint density at radius 1 is 1.15 bits per heavy atom. The number of hydrogen-bond donors (Lipinski definition) is 0. The first kappa shape index (κ1) is 28.4. The Kier molecular flexibility index (Phi) is 8.71. The quantitative estimate of drug-likeness (QED) is 0.156.